The highest BCUT2D eigenvalue weighted by Crippen LogP contribution is 2.40. The van der Waals surface area contributed by atoms with Crippen molar-refractivity contribution in [2.24, 2.45) is 0 Å². The summed E-state index contributed by atoms with van der Waals surface area (Å²) in [5, 5.41) is 0.463. The van der Waals surface area contributed by atoms with Gasteiger partial charge in [-0.2, -0.15) is 0 Å². The Balaban J connectivity index is 2.05. The number of carbonyl (C=O) groups is 2. The van der Waals surface area contributed by atoms with E-state index in [4.69, 9.17) is 23.2 Å². The maximum absolute atomic E-state index is 12.9. The van der Waals surface area contributed by atoms with Crippen molar-refractivity contribution in [2.45, 2.75) is 6.54 Å². The highest BCUT2D eigenvalue weighted by Gasteiger charge is 2.39. The molecule has 0 fully saturated rings. The van der Waals surface area contributed by atoms with Crippen LogP contribution in [0.25, 0.3) is 0 Å². The Hall–Kier alpha value is -1.91. The topological polar surface area (TPSA) is 37.4 Å². The van der Waals surface area contributed by atoms with E-state index in [2.05, 4.69) is 0 Å². The van der Waals surface area contributed by atoms with Crippen LogP contribution in [-0.2, 0) is 11.3 Å². The zero-order chi connectivity index (χ0) is 15.1. The zero-order valence-corrected chi connectivity index (χ0v) is 12.1. The van der Waals surface area contributed by atoms with Gasteiger partial charge >= 0.3 is 0 Å². The average molecular weight is 324 g/mol. The highest BCUT2D eigenvalue weighted by atomic mass is 35.5. The van der Waals surface area contributed by atoms with E-state index in [1.807, 2.05) is 0 Å². The van der Waals surface area contributed by atoms with Crippen LogP contribution in [0.5, 0.6) is 0 Å². The first kappa shape index (κ1) is 14.0. The Morgan fingerprint density at radius 1 is 0.952 bits per heavy atom. The molecule has 0 spiro atoms. The van der Waals surface area contributed by atoms with Gasteiger partial charge in [-0.15, -0.1) is 0 Å². The number of Topliss-reactive ketones (excluding diaryl/α,β-unsaturated/α-hetero) is 1. The van der Waals surface area contributed by atoms with Crippen LogP contribution in [0.1, 0.15) is 15.9 Å². The van der Waals surface area contributed by atoms with Crippen molar-refractivity contribution in [3.05, 3.63) is 63.4 Å². The molecule has 6 heteroatoms. The molecule has 3 nitrogen and oxygen atoms in total. The minimum Gasteiger partial charge on any atom is -0.299 e. The van der Waals surface area contributed by atoms with Gasteiger partial charge in [0.25, 0.3) is 11.7 Å². The van der Waals surface area contributed by atoms with Gasteiger partial charge in [-0.1, -0.05) is 35.3 Å². The van der Waals surface area contributed by atoms with Crippen LogP contribution in [0.4, 0.5) is 10.1 Å². The van der Waals surface area contributed by atoms with Crippen molar-refractivity contribution in [1.82, 2.24) is 0 Å². The smallest absolute Gasteiger partial charge is 0.299 e. The normalized spacial score (nSPS) is 13.8. The second-order valence-electron chi connectivity index (χ2n) is 4.60. The fraction of sp³-hybridized carbons (Fsp3) is 0.0667. The van der Waals surface area contributed by atoms with Crippen molar-refractivity contribution in [3.8, 4) is 0 Å². The van der Waals surface area contributed by atoms with Gasteiger partial charge in [0, 0.05) is 0 Å². The summed E-state index contributed by atoms with van der Waals surface area (Å²) in [7, 11) is 0. The van der Waals surface area contributed by atoms with E-state index in [0.29, 0.717) is 11.3 Å². The quantitative estimate of drug-likeness (QED) is 0.787. The molecule has 0 atom stereocenters. The third kappa shape index (κ3) is 2.30. The van der Waals surface area contributed by atoms with Gasteiger partial charge in [0.05, 0.1) is 27.8 Å². The minimum atomic E-state index is -0.690. The summed E-state index contributed by atoms with van der Waals surface area (Å²) in [6, 6.07) is 8.69. The Morgan fingerprint density at radius 3 is 2.24 bits per heavy atom. The van der Waals surface area contributed by atoms with Gasteiger partial charge in [-0.25, -0.2) is 4.39 Å². The Labute approximate surface area is 129 Å². The summed E-state index contributed by atoms with van der Waals surface area (Å²) in [6.45, 7) is 0.123. The lowest BCUT2D eigenvalue weighted by atomic mass is 10.1. The number of nitrogens with zero attached hydrogens (tertiary/aromatic N) is 1. The number of rotatable bonds is 2. The molecule has 0 aliphatic carbocycles. The number of hydrogen-bond donors (Lipinski definition) is 0. The van der Waals surface area contributed by atoms with Gasteiger partial charge in [0.2, 0.25) is 0 Å². The number of ketones is 1. The first-order valence-electron chi connectivity index (χ1n) is 6.07. The van der Waals surface area contributed by atoms with E-state index in [1.54, 1.807) is 12.1 Å². The monoisotopic (exact) mass is 323 g/mol. The molecule has 1 amide bonds. The predicted octanol–water partition coefficient (Wildman–Crippen LogP) is 3.86. The van der Waals surface area contributed by atoms with Gasteiger partial charge < -0.3 is 0 Å². The fourth-order valence-corrected chi connectivity index (χ4v) is 2.77. The third-order valence-electron chi connectivity index (χ3n) is 3.27. The number of amides is 1. The summed E-state index contributed by atoms with van der Waals surface area (Å²) in [4.78, 5) is 25.4. The van der Waals surface area contributed by atoms with Crippen LogP contribution in [0, 0.1) is 5.82 Å². The van der Waals surface area contributed by atoms with Crippen LogP contribution < -0.4 is 4.90 Å². The zero-order valence-electron chi connectivity index (χ0n) is 10.6. The van der Waals surface area contributed by atoms with Gasteiger partial charge in [-0.05, 0) is 29.8 Å². The largest absolute Gasteiger partial charge is 0.299 e. The van der Waals surface area contributed by atoms with Crippen molar-refractivity contribution < 1.29 is 14.0 Å². The van der Waals surface area contributed by atoms with Crippen LogP contribution in [0.15, 0.2) is 36.4 Å². The molecule has 0 radical (unpaired) electrons. The van der Waals surface area contributed by atoms with E-state index in [1.165, 1.54) is 29.2 Å². The van der Waals surface area contributed by atoms with Crippen LogP contribution in [0.3, 0.4) is 0 Å². The number of halogens is 3. The molecule has 106 valence electrons. The molecule has 3 rings (SSSR count). The van der Waals surface area contributed by atoms with Gasteiger partial charge in [0.15, 0.2) is 0 Å². The van der Waals surface area contributed by atoms with Gasteiger partial charge in [0.1, 0.15) is 5.82 Å². The predicted molar refractivity (Wildman–Crippen MR) is 78.4 cm³/mol. The summed E-state index contributed by atoms with van der Waals surface area (Å²) >= 11 is 12.1. The van der Waals surface area contributed by atoms with Crippen molar-refractivity contribution >= 4 is 40.6 Å². The van der Waals surface area contributed by atoms with Crippen molar-refractivity contribution in [2.75, 3.05) is 4.90 Å². The minimum absolute atomic E-state index is 0.122. The third-order valence-corrected chi connectivity index (χ3v) is 3.89. The number of hydrogen-bond acceptors (Lipinski definition) is 2. The maximum atomic E-state index is 12.9. The molecule has 2 aromatic carbocycles. The first-order chi connectivity index (χ1) is 9.99. The molecule has 1 heterocycles. The Morgan fingerprint density at radius 2 is 1.57 bits per heavy atom. The first-order valence-corrected chi connectivity index (χ1v) is 6.83. The number of anilines is 1. The van der Waals surface area contributed by atoms with E-state index in [0.717, 1.165) is 0 Å². The fourth-order valence-electron chi connectivity index (χ4n) is 2.28. The Bertz CT molecular complexity index is 759. The number of carbonyl (C=O) groups excluding carboxylic acids is 2. The lowest BCUT2D eigenvalue weighted by Gasteiger charge is -2.18. The SMILES string of the molecule is O=C1C(=O)N(Cc2ccc(F)cc2)c2c(Cl)ccc(Cl)c21. The summed E-state index contributed by atoms with van der Waals surface area (Å²) < 4.78 is 12.9. The summed E-state index contributed by atoms with van der Waals surface area (Å²) in [5.41, 5.74) is 1.11. The molecule has 1 aliphatic rings. The van der Waals surface area contributed by atoms with Gasteiger partial charge in [-0.3, -0.25) is 14.5 Å². The van der Waals surface area contributed by atoms with Crippen LogP contribution in [-0.4, -0.2) is 11.7 Å². The average Bonchev–Trinajstić information content (AvgIpc) is 2.71. The molecule has 0 unspecified atom stereocenters. The molecule has 0 saturated carbocycles. The molecule has 0 aromatic heterocycles. The lowest BCUT2D eigenvalue weighted by molar-refractivity contribution is -0.114. The molecule has 0 saturated heterocycles. The van der Waals surface area contributed by atoms with E-state index in [-0.39, 0.29) is 28.0 Å². The second kappa shape index (κ2) is 5.13. The standard InChI is InChI=1S/C15H8Cl2FNO2/c16-10-5-6-11(17)13-12(10)14(20)15(21)19(13)7-8-1-3-9(18)4-2-8/h1-6H,7H2. The number of benzene rings is 2. The molecule has 1 aliphatic heterocycles. The molecular formula is C15H8Cl2FNO2. The molecular weight excluding hydrogens is 316 g/mol. The lowest BCUT2D eigenvalue weighted by Crippen LogP contribution is -2.29. The highest BCUT2D eigenvalue weighted by molar-refractivity contribution is 6.56. The van der Waals surface area contributed by atoms with Crippen molar-refractivity contribution in [3.63, 3.8) is 0 Å². The number of fused-ring (bicyclic) bond motifs is 1. The summed E-state index contributed by atoms with van der Waals surface area (Å²) in [5.74, 6) is -1.74. The van der Waals surface area contributed by atoms with Crippen molar-refractivity contribution in [1.29, 1.82) is 0 Å². The van der Waals surface area contributed by atoms with E-state index < -0.39 is 11.7 Å². The molecule has 0 N–H and O–H groups in total. The summed E-state index contributed by atoms with van der Waals surface area (Å²) in [6.07, 6.45) is 0. The second-order valence-corrected chi connectivity index (χ2v) is 5.41. The van der Waals surface area contributed by atoms with Crippen LogP contribution >= 0.6 is 23.2 Å². The van der Waals surface area contributed by atoms with E-state index >= 15 is 0 Å². The molecule has 2 aromatic rings. The van der Waals surface area contributed by atoms with E-state index in [9.17, 15) is 14.0 Å². The van der Waals surface area contributed by atoms with Crippen LogP contribution in [0.2, 0.25) is 10.0 Å². The molecule has 0 bridgehead atoms. The molecule has 21 heavy (non-hydrogen) atoms. The Kier molecular flexibility index (Phi) is 3.43. The maximum Gasteiger partial charge on any atom is 0.299 e.